The van der Waals surface area contributed by atoms with Crippen LogP contribution < -0.4 is 5.32 Å². The zero-order chi connectivity index (χ0) is 19.0. The number of carbonyl (C=O) groups excluding carboxylic acids is 2. The number of fused-ring (bicyclic) bond motifs is 1. The summed E-state index contributed by atoms with van der Waals surface area (Å²) < 4.78 is 1.87. The van der Waals surface area contributed by atoms with Gasteiger partial charge in [-0.2, -0.15) is 5.10 Å². The Morgan fingerprint density at radius 1 is 1.30 bits per heavy atom. The van der Waals surface area contributed by atoms with E-state index in [0.717, 1.165) is 17.7 Å². The van der Waals surface area contributed by atoms with Gasteiger partial charge < -0.3 is 10.2 Å². The number of rotatable bonds is 4. The van der Waals surface area contributed by atoms with E-state index in [4.69, 9.17) is 5.10 Å². The standard InChI is InChI=1S/C21H26N4O2/c1-14(2)19-18(13-25(23-19)11-15-6-4-3-5-7-15)21(27)24-9-8-17-16(12-24)10-22-20(17)26/h3-7,13-14,16-17H,8-12H2,1-2H3,(H,22,26)/t16-,17+/m0/s1. The van der Waals surface area contributed by atoms with Gasteiger partial charge in [0.1, 0.15) is 0 Å². The lowest BCUT2D eigenvalue weighted by atomic mass is 9.88. The summed E-state index contributed by atoms with van der Waals surface area (Å²) in [6.45, 7) is 6.74. The molecule has 2 aliphatic heterocycles. The minimum absolute atomic E-state index is 0.0378. The number of nitrogens with one attached hydrogen (secondary N) is 1. The molecule has 1 N–H and O–H groups in total. The first-order chi connectivity index (χ1) is 13.0. The van der Waals surface area contributed by atoms with E-state index < -0.39 is 0 Å². The molecule has 1 aromatic heterocycles. The number of hydrogen-bond acceptors (Lipinski definition) is 3. The molecule has 2 fully saturated rings. The van der Waals surface area contributed by atoms with Crippen LogP contribution >= 0.6 is 0 Å². The van der Waals surface area contributed by atoms with Crippen LogP contribution in [-0.2, 0) is 11.3 Å². The molecule has 4 rings (SSSR count). The van der Waals surface area contributed by atoms with E-state index in [0.29, 0.717) is 31.7 Å². The van der Waals surface area contributed by atoms with E-state index in [1.54, 1.807) is 0 Å². The van der Waals surface area contributed by atoms with Gasteiger partial charge in [0.2, 0.25) is 5.91 Å². The van der Waals surface area contributed by atoms with Gasteiger partial charge in [0.15, 0.2) is 0 Å². The molecular formula is C21H26N4O2. The van der Waals surface area contributed by atoms with Gasteiger partial charge in [0.05, 0.1) is 17.8 Å². The number of hydrogen-bond donors (Lipinski definition) is 1. The SMILES string of the molecule is CC(C)c1nn(Cc2ccccc2)cc1C(=O)N1CC[C@H]2C(=O)NC[C@H]2C1. The Labute approximate surface area is 159 Å². The van der Waals surface area contributed by atoms with Crippen molar-refractivity contribution in [3.8, 4) is 0 Å². The van der Waals surface area contributed by atoms with Crippen molar-refractivity contribution in [2.75, 3.05) is 19.6 Å². The topological polar surface area (TPSA) is 67.2 Å². The highest BCUT2D eigenvalue weighted by atomic mass is 16.2. The summed E-state index contributed by atoms with van der Waals surface area (Å²) in [6.07, 6.45) is 2.63. The molecule has 6 heteroatoms. The van der Waals surface area contributed by atoms with Crippen molar-refractivity contribution >= 4 is 11.8 Å². The summed E-state index contributed by atoms with van der Waals surface area (Å²) in [7, 11) is 0. The maximum atomic E-state index is 13.2. The molecular weight excluding hydrogens is 340 g/mol. The number of amides is 2. The van der Waals surface area contributed by atoms with Crippen LogP contribution in [-0.4, -0.2) is 46.1 Å². The third-order valence-corrected chi connectivity index (χ3v) is 5.65. The normalized spacial score (nSPS) is 22.0. The Kier molecular flexibility index (Phi) is 4.72. The molecule has 142 valence electrons. The van der Waals surface area contributed by atoms with Crippen LogP contribution in [0, 0.1) is 11.8 Å². The van der Waals surface area contributed by atoms with Crippen LogP contribution in [0.4, 0.5) is 0 Å². The fourth-order valence-electron chi connectivity index (χ4n) is 4.18. The van der Waals surface area contributed by atoms with Crippen LogP contribution in [0.5, 0.6) is 0 Å². The largest absolute Gasteiger partial charge is 0.355 e. The fraction of sp³-hybridized carbons (Fsp3) is 0.476. The summed E-state index contributed by atoms with van der Waals surface area (Å²) in [5, 5.41) is 7.63. The van der Waals surface area contributed by atoms with E-state index in [1.165, 1.54) is 0 Å². The maximum Gasteiger partial charge on any atom is 0.257 e. The van der Waals surface area contributed by atoms with Gasteiger partial charge in [0, 0.05) is 37.7 Å². The number of piperidine rings is 1. The highest BCUT2D eigenvalue weighted by molar-refractivity contribution is 5.95. The van der Waals surface area contributed by atoms with E-state index >= 15 is 0 Å². The van der Waals surface area contributed by atoms with Gasteiger partial charge in [-0.05, 0) is 17.9 Å². The molecule has 2 amide bonds. The predicted molar refractivity (Wildman–Crippen MR) is 102 cm³/mol. The van der Waals surface area contributed by atoms with E-state index in [-0.39, 0.29) is 29.6 Å². The number of carbonyl (C=O) groups is 2. The summed E-state index contributed by atoms with van der Waals surface area (Å²) in [4.78, 5) is 27.0. The van der Waals surface area contributed by atoms with Crippen LogP contribution in [0.1, 0.15) is 47.8 Å². The number of nitrogens with zero attached hydrogens (tertiary/aromatic N) is 3. The van der Waals surface area contributed by atoms with Crippen molar-refractivity contribution in [3.63, 3.8) is 0 Å². The third-order valence-electron chi connectivity index (χ3n) is 5.65. The van der Waals surface area contributed by atoms with Gasteiger partial charge in [0.25, 0.3) is 5.91 Å². The molecule has 0 spiro atoms. The molecule has 2 aromatic rings. The van der Waals surface area contributed by atoms with Crippen molar-refractivity contribution in [2.24, 2.45) is 11.8 Å². The first-order valence-electron chi connectivity index (χ1n) is 9.71. The lowest BCUT2D eigenvalue weighted by Crippen LogP contribution is -2.44. The lowest BCUT2D eigenvalue weighted by molar-refractivity contribution is -0.123. The molecule has 3 heterocycles. The zero-order valence-electron chi connectivity index (χ0n) is 15.9. The Morgan fingerprint density at radius 3 is 2.81 bits per heavy atom. The van der Waals surface area contributed by atoms with Crippen LogP contribution in [0.2, 0.25) is 0 Å². The van der Waals surface area contributed by atoms with Gasteiger partial charge in [-0.1, -0.05) is 44.2 Å². The Balaban J connectivity index is 1.55. The van der Waals surface area contributed by atoms with Crippen molar-refractivity contribution in [1.29, 1.82) is 0 Å². The van der Waals surface area contributed by atoms with Crippen molar-refractivity contribution in [3.05, 3.63) is 53.3 Å². The van der Waals surface area contributed by atoms with Gasteiger partial charge in [-0.25, -0.2) is 0 Å². The smallest absolute Gasteiger partial charge is 0.257 e. The van der Waals surface area contributed by atoms with Gasteiger partial charge >= 0.3 is 0 Å². The van der Waals surface area contributed by atoms with E-state index in [2.05, 4.69) is 31.3 Å². The minimum Gasteiger partial charge on any atom is -0.355 e. The van der Waals surface area contributed by atoms with Crippen LogP contribution in [0.25, 0.3) is 0 Å². The molecule has 1 aromatic carbocycles. The number of benzene rings is 1. The molecule has 6 nitrogen and oxygen atoms in total. The predicted octanol–water partition coefficient (Wildman–Crippen LogP) is 2.26. The third kappa shape index (κ3) is 3.48. The summed E-state index contributed by atoms with van der Waals surface area (Å²) in [5.41, 5.74) is 2.70. The molecule has 27 heavy (non-hydrogen) atoms. The Morgan fingerprint density at radius 2 is 2.07 bits per heavy atom. The van der Waals surface area contributed by atoms with Gasteiger partial charge in [-0.15, -0.1) is 0 Å². The fourth-order valence-corrected chi connectivity index (χ4v) is 4.18. The molecule has 0 aliphatic carbocycles. The van der Waals surface area contributed by atoms with E-state index in [1.807, 2.05) is 34.0 Å². The average Bonchev–Trinajstić information content (AvgIpc) is 3.26. The van der Waals surface area contributed by atoms with Crippen molar-refractivity contribution in [1.82, 2.24) is 20.0 Å². The number of likely N-dealkylation sites (tertiary alicyclic amines) is 1. The number of aromatic nitrogens is 2. The molecule has 0 radical (unpaired) electrons. The zero-order valence-corrected chi connectivity index (χ0v) is 15.9. The Bertz CT molecular complexity index is 843. The lowest BCUT2D eigenvalue weighted by Gasteiger charge is -2.33. The summed E-state index contributed by atoms with van der Waals surface area (Å²) >= 11 is 0. The van der Waals surface area contributed by atoms with Crippen LogP contribution in [0.3, 0.4) is 0 Å². The molecule has 0 unspecified atom stereocenters. The highest BCUT2D eigenvalue weighted by Crippen LogP contribution is 2.29. The second-order valence-corrected chi connectivity index (χ2v) is 7.92. The summed E-state index contributed by atoms with van der Waals surface area (Å²) in [5.74, 6) is 0.659. The molecule has 2 saturated heterocycles. The average molecular weight is 366 g/mol. The second kappa shape index (κ2) is 7.18. The van der Waals surface area contributed by atoms with Crippen molar-refractivity contribution < 1.29 is 9.59 Å². The Hall–Kier alpha value is -2.63. The first-order valence-corrected chi connectivity index (χ1v) is 9.71. The minimum atomic E-state index is 0.0378. The van der Waals surface area contributed by atoms with Crippen LogP contribution in [0.15, 0.2) is 36.5 Å². The first kappa shape index (κ1) is 17.8. The monoisotopic (exact) mass is 366 g/mol. The van der Waals surface area contributed by atoms with E-state index in [9.17, 15) is 9.59 Å². The van der Waals surface area contributed by atoms with Crippen molar-refractivity contribution in [2.45, 2.75) is 32.7 Å². The summed E-state index contributed by atoms with van der Waals surface area (Å²) in [6, 6.07) is 10.1. The molecule has 2 aliphatic rings. The maximum absolute atomic E-state index is 13.2. The molecule has 0 saturated carbocycles. The quantitative estimate of drug-likeness (QED) is 0.903. The molecule has 0 bridgehead atoms. The highest BCUT2D eigenvalue weighted by Gasteiger charge is 2.40. The molecule has 2 atom stereocenters. The second-order valence-electron chi connectivity index (χ2n) is 7.92. The van der Waals surface area contributed by atoms with Gasteiger partial charge in [-0.3, -0.25) is 14.3 Å².